The Morgan fingerprint density at radius 2 is 1.86 bits per heavy atom. The second-order valence-electron chi connectivity index (χ2n) is 7.03. The van der Waals surface area contributed by atoms with Crippen molar-refractivity contribution in [1.82, 2.24) is 19.4 Å². The van der Waals surface area contributed by atoms with Crippen LogP contribution in [-0.2, 0) is 15.8 Å². The number of hydrogen-bond acceptors (Lipinski definition) is 7. The zero-order valence-electron chi connectivity index (χ0n) is 15.6. The summed E-state index contributed by atoms with van der Waals surface area (Å²) in [5.41, 5.74) is 3.00. The number of para-hydroxylation sites is 1. The predicted molar refractivity (Wildman–Crippen MR) is 110 cm³/mol. The third-order valence-electron chi connectivity index (χ3n) is 5.26. The Kier molecular flexibility index (Phi) is 4.40. The van der Waals surface area contributed by atoms with Crippen molar-refractivity contribution >= 4 is 37.6 Å². The molecule has 0 bridgehead atoms. The lowest BCUT2D eigenvalue weighted by molar-refractivity contribution is 0.383. The molecule has 1 aliphatic rings. The molecule has 2 aromatic carbocycles. The van der Waals surface area contributed by atoms with E-state index in [-0.39, 0.29) is 5.75 Å². The molecule has 29 heavy (non-hydrogen) atoms. The molecule has 5 rings (SSSR count). The second kappa shape index (κ2) is 7.09. The smallest absolute Gasteiger partial charge is 0.220 e. The number of benzene rings is 2. The maximum absolute atomic E-state index is 12.9. The number of piperazine rings is 1. The number of aromatic nitrogens is 3. The highest BCUT2D eigenvalue weighted by molar-refractivity contribution is 7.88. The molecule has 1 saturated heterocycles. The van der Waals surface area contributed by atoms with E-state index in [2.05, 4.69) is 20.0 Å². The van der Waals surface area contributed by atoms with Gasteiger partial charge in [0.05, 0.1) is 5.52 Å². The van der Waals surface area contributed by atoms with Gasteiger partial charge in [0.1, 0.15) is 17.8 Å². The molecule has 8 nitrogen and oxygen atoms in total. The standard InChI is InChI=1S/C20H19N5O3S/c26-29(27,13-19-17-3-1-2-4-20(17)28-23-19)25-9-7-24(8-10-25)16-5-6-18-15(11-16)12-21-14-22-18/h1-6,11-12,14H,7-10,13H2. The number of sulfonamides is 1. The second-order valence-corrected chi connectivity index (χ2v) is 9.00. The first-order valence-corrected chi connectivity index (χ1v) is 11.0. The van der Waals surface area contributed by atoms with Crippen LogP contribution in [0.3, 0.4) is 0 Å². The van der Waals surface area contributed by atoms with Crippen LogP contribution in [0.2, 0.25) is 0 Å². The zero-order chi connectivity index (χ0) is 19.8. The van der Waals surface area contributed by atoms with Gasteiger partial charge in [-0.05, 0) is 30.3 Å². The first-order chi connectivity index (χ1) is 14.1. The zero-order valence-corrected chi connectivity index (χ0v) is 16.4. The van der Waals surface area contributed by atoms with E-state index in [1.54, 1.807) is 12.3 Å². The van der Waals surface area contributed by atoms with Gasteiger partial charge in [0.15, 0.2) is 5.58 Å². The summed E-state index contributed by atoms with van der Waals surface area (Å²) in [6.45, 7) is 2.11. The van der Waals surface area contributed by atoms with Gasteiger partial charge in [0.25, 0.3) is 0 Å². The van der Waals surface area contributed by atoms with Crippen molar-refractivity contribution in [3.63, 3.8) is 0 Å². The lowest BCUT2D eigenvalue weighted by Gasteiger charge is -2.35. The van der Waals surface area contributed by atoms with Crippen molar-refractivity contribution in [2.75, 3.05) is 31.1 Å². The summed E-state index contributed by atoms with van der Waals surface area (Å²) in [6.07, 6.45) is 3.32. The molecule has 2 aromatic heterocycles. The fraction of sp³-hybridized carbons (Fsp3) is 0.250. The van der Waals surface area contributed by atoms with E-state index in [0.29, 0.717) is 37.5 Å². The summed E-state index contributed by atoms with van der Waals surface area (Å²) in [7, 11) is -3.47. The molecule has 4 aromatic rings. The molecule has 0 atom stereocenters. The Balaban J connectivity index is 1.30. The maximum atomic E-state index is 12.9. The third kappa shape index (κ3) is 3.43. The van der Waals surface area contributed by atoms with Crippen molar-refractivity contribution < 1.29 is 12.9 Å². The first-order valence-electron chi connectivity index (χ1n) is 9.36. The molecular weight excluding hydrogens is 390 g/mol. The van der Waals surface area contributed by atoms with E-state index >= 15 is 0 Å². The number of nitrogens with zero attached hydrogens (tertiary/aromatic N) is 5. The van der Waals surface area contributed by atoms with Gasteiger partial charge in [0.2, 0.25) is 10.0 Å². The van der Waals surface area contributed by atoms with Crippen LogP contribution in [0.4, 0.5) is 5.69 Å². The topological polar surface area (TPSA) is 92.4 Å². The fourth-order valence-corrected chi connectivity index (χ4v) is 5.16. The largest absolute Gasteiger partial charge is 0.369 e. The molecule has 0 saturated carbocycles. The Morgan fingerprint density at radius 1 is 1.03 bits per heavy atom. The van der Waals surface area contributed by atoms with Crippen LogP contribution in [0.1, 0.15) is 5.69 Å². The van der Waals surface area contributed by atoms with Gasteiger partial charge in [-0.2, -0.15) is 4.31 Å². The Bertz CT molecular complexity index is 1280. The first kappa shape index (κ1) is 18.0. The van der Waals surface area contributed by atoms with Gasteiger partial charge in [-0.1, -0.05) is 17.3 Å². The quantitative estimate of drug-likeness (QED) is 0.511. The third-order valence-corrected chi connectivity index (χ3v) is 7.05. The van der Waals surface area contributed by atoms with Crippen LogP contribution in [-0.4, -0.2) is 54.0 Å². The number of anilines is 1. The van der Waals surface area contributed by atoms with Crippen LogP contribution in [0, 0.1) is 0 Å². The highest BCUT2D eigenvalue weighted by Crippen LogP contribution is 2.24. The summed E-state index contributed by atoms with van der Waals surface area (Å²) in [4.78, 5) is 10.5. The van der Waals surface area contributed by atoms with E-state index in [1.807, 2.05) is 36.4 Å². The molecule has 1 fully saturated rings. The van der Waals surface area contributed by atoms with Crippen LogP contribution < -0.4 is 4.90 Å². The van der Waals surface area contributed by atoms with E-state index in [0.717, 1.165) is 22.0 Å². The molecule has 1 aliphatic heterocycles. The minimum atomic E-state index is -3.47. The van der Waals surface area contributed by atoms with Crippen LogP contribution in [0.25, 0.3) is 21.9 Å². The molecule has 0 amide bonds. The minimum Gasteiger partial charge on any atom is -0.369 e. The molecule has 148 valence electrons. The Labute approximate surface area is 167 Å². The van der Waals surface area contributed by atoms with Crippen LogP contribution >= 0.6 is 0 Å². The average Bonchev–Trinajstić information content (AvgIpc) is 3.16. The maximum Gasteiger partial charge on any atom is 0.220 e. The molecule has 3 heterocycles. The van der Waals surface area contributed by atoms with Gasteiger partial charge >= 0.3 is 0 Å². The number of rotatable bonds is 4. The minimum absolute atomic E-state index is 0.155. The SMILES string of the molecule is O=S(=O)(Cc1noc2ccccc12)N1CCN(c2ccc3ncncc3c2)CC1. The number of hydrogen-bond donors (Lipinski definition) is 0. The van der Waals surface area contributed by atoms with Gasteiger partial charge in [-0.15, -0.1) is 0 Å². The fourth-order valence-electron chi connectivity index (χ4n) is 3.70. The molecule has 0 unspecified atom stereocenters. The van der Waals surface area contributed by atoms with E-state index in [9.17, 15) is 8.42 Å². The lowest BCUT2D eigenvalue weighted by Crippen LogP contribution is -2.49. The van der Waals surface area contributed by atoms with Crippen molar-refractivity contribution in [2.45, 2.75) is 5.75 Å². The van der Waals surface area contributed by atoms with Gasteiger partial charge in [-0.3, -0.25) is 0 Å². The Hall–Kier alpha value is -3.04. The summed E-state index contributed by atoms with van der Waals surface area (Å²) >= 11 is 0. The highest BCUT2D eigenvalue weighted by Gasteiger charge is 2.29. The lowest BCUT2D eigenvalue weighted by atomic mass is 10.2. The normalized spacial score (nSPS) is 15.9. The summed E-state index contributed by atoms with van der Waals surface area (Å²) in [5.74, 6) is -0.155. The van der Waals surface area contributed by atoms with E-state index in [1.165, 1.54) is 10.6 Å². The average molecular weight is 409 g/mol. The van der Waals surface area contributed by atoms with Gasteiger partial charge < -0.3 is 9.42 Å². The van der Waals surface area contributed by atoms with Crippen molar-refractivity contribution in [2.24, 2.45) is 0 Å². The van der Waals surface area contributed by atoms with Crippen molar-refractivity contribution in [1.29, 1.82) is 0 Å². The molecular formula is C20H19N5O3S. The van der Waals surface area contributed by atoms with Gasteiger partial charge in [0, 0.05) is 48.8 Å². The van der Waals surface area contributed by atoms with E-state index in [4.69, 9.17) is 4.52 Å². The molecule has 0 aliphatic carbocycles. The summed E-state index contributed by atoms with van der Waals surface area (Å²) in [5, 5.41) is 5.68. The molecule has 9 heteroatoms. The van der Waals surface area contributed by atoms with Crippen LogP contribution in [0.5, 0.6) is 0 Å². The van der Waals surface area contributed by atoms with Crippen molar-refractivity contribution in [3.05, 3.63) is 60.7 Å². The molecule has 0 spiro atoms. The summed E-state index contributed by atoms with van der Waals surface area (Å²) < 4.78 is 32.6. The van der Waals surface area contributed by atoms with Crippen molar-refractivity contribution in [3.8, 4) is 0 Å². The van der Waals surface area contributed by atoms with Gasteiger partial charge in [-0.25, -0.2) is 18.4 Å². The highest BCUT2D eigenvalue weighted by atomic mass is 32.2. The molecule has 0 radical (unpaired) electrons. The Morgan fingerprint density at radius 3 is 2.72 bits per heavy atom. The number of fused-ring (bicyclic) bond motifs is 2. The predicted octanol–water partition coefficient (Wildman–Crippen LogP) is 2.42. The summed E-state index contributed by atoms with van der Waals surface area (Å²) in [6, 6.07) is 13.3. The van der Waals surface area contributed by atoms with E-state index < -0.39 is 10.0 Å². The molecule has 0 N–H and O–H groups in total. The van der Waals surface area contributed by atoms with Crippen LogP contribution in [0.15, 0.2) is 59.5 Å². The monoisotopic (exact) mass is 409 g/mol.